The molecule has 0 spiro atoms. The van der Waals surface area contributed by atoms with Crippen molar-refractivity contribution in [3.05, 3.63) is 29.1 Å². The summed E-state index contributed by atoms with van der Waals surface area (Å²) in [5.74, 6) is -0.0490. The molecule has 0 bridgehead atoms. The molecular formula is C14H17F3O. The zero-order valence-corrected chi connectivity index (χ0v) is 10.8. The van der Waals surface area contributed by atoms with Gasteiger partial charge >= 0.3 is 6.61 Å². The van der Waals surface area contributed by atoms with E-state index < -0.39 is 12.0 Å². The molecule has 1 aromatic rings. The largest absolute Gasteiger partial charge is 0.435 e. The highest BCUT2D eigenvalue weighted by Gasteiger charge is 2.30. The Balaban J connectivity index is 2.46. The van der Waals surface area contributed by atoms with Crippen LogP contribution < -0.4 is 4.74 Å². The zero-order chi connectivity index (χ0) is 13.5. The Morgan fingerprint density at radius 1 is 1.22 bits per heavy atom. The van der Waals surface area contributed by atoms with Gasteiger partial charge in [-0.05, 0) is 41.9 Å². The molecule has 100 valence electrons. The lowest BCUT2D eigenvalue weighted by Crippen LogP contribution is -2.15. The maximum absolute atomic E-state index is 14.0. The van der Waals surface area contributed by atoms with Crippen LogP contribution in [-0.4, -0.2) is 6.61 Å². The van der Waals surface area contributed by atoms with Gasteiger partial charge in [-0.15, -0.1) is 0 Å². The summed E-state index contributed by atoms with van der Waals surface area (Å²) in [6.45, 7) is 2.65. The maximum atomic E-state index is 14.0. The van der Waals surface area contributed by atoms with E-state index in [9.17, 15) is 13.2 Å². The Hall–Kier alpha value is -1.19. The summed E-state index contributed by atoms with van der Waals surface area (Å²) >= 11 is 0. The van der Waals surface area contributed by atoms with Crippen LogP contribution in [0.15, 0.2) is 12.1 Å². The number of rotatable bonds is 3. The van der Waals surface area contributed by atoms with E-state index in [1.807, 2.05) is 20.8 Å². The molecule has 18 heavy (non-hydrogen) atoms. The second kappa shape index (κ2) is 4.48. The minimum absolute atomic E-state index is 0.124. The number of alkyl halides is 2. The van der Waals surface area contributed by atoms with Gasteiger partial charge in [-0.25, -0.2) is 4.39 Å². The van der Waals surface area contributed by atoms with Gasteiger partial charge in [-0.1, -0.05) is 20.8 Å². The minimum Gasteiger partial charge on any atom is -0.435 e. The van der Waals surface area contributed by atoms with E-state index >= 15 is 0 Å². The van der Waals surface area contributed by atoms with Crippen LogP contribution in [0.4, 0.5) is 13.2 Å². The van der Waals surface area contributed by atoms with Crippen LogP contribution >= 0.6 is 0 Å². The van der Waals surface area contributed by atoms with Crippen molar-refractivity contribution in [1.29, 1.82) is 0 Å². The van der Waals surface area contributed by atoms with Gasteiger partial charge in [0.25, 0.3) is 0 Å². The third-order valence-corrected chi connectivity index (χ3v) is 3.14. The first kappa shape index (κ1) is 13.2. The van der Waals surface area contributed by atoms with Gasteiger partial charge in [0.15, 0.2) is 0 Å². The third kappa shape index (κ3) is 2.79. The van der Waals surface area contributed by atoms with Crippen molar-refractivity contribution < 1.29 is 17.9 Å². The molecule has 0 amide bonds. The molecule has 0 heterocycles. The van der Waals surface area contributed by atoms with E-state index in [0.717, 1.165) is 12.8 Å². The molecule has 1 saturated carbocycles. The molecule has 1 aliphatic carbocycles. The summed E-state index contributed by atoms with van der Waals surface area (Å²) in [5.41, 5.74) is 0.537. The van der Waals surface area contributed by atoms with Gasteiger partial charge in [0.1, 0.15) is 11.6 Å². The normalized spacial score (nSPS) is 16.2. The average molecular weight is 258 g/mol. The van der Waals surface area contributed by atoms with Gasteiger partial charge in [-0.3, -0.25) is 0 Å². The smallest absolute Gasteiger partial charge is 0.387 e. The standard InChI is InChI=1S/C14H17F3O/c1-14(2,3)10-7-12(18-13(16)17)9(6-11(10)15)8-4-5-8/h6-8,13H,4-5H2,1-3H3. The van der Waals surface area contributed by atoms with Crippen LogP contribution in [-0.2, 0) is 5.41 Å². The second-order valence-corrected chi connectivity index (χ2v) is 5.77. The minimum atomic E-state index is -2.87. The highest BCUT2D eigenvalue weighted by Crippen LogP contribution is 2.46. The summed E-state index contributed by atoms with van der Waals surface area (Å²) in [4.78, 5) is 0. The lowest BCUT2D eigenvalue weighted by atomic mass is 9.85. The second-order valence-electron chi connectivity index (χ2n) is 5.77. The summed E-state index contributed by atoms with van der Waals surface area (Å²) in [7, 11) is 0. The van der Waals surface area contributed by atoms with Crippen LogP contribution in [0.1, 0.15) is 50.7 Å². The number of benzene rings is 1. The lowest BCUT2D eigenvalue weighted by molar-refractivity contribution is -0.0505. The summed E-state index contributed by atoms with van der Waals surface area (Å²) in [6, 6.07) is 2.78. The van der Waals surface area contributed by atoms with Crippen LogP contribution in [0, 0.1) is 5.82 Å². The van der Waals surface area contributed by atoms with Crippen molar-refractivity contribution in [3.8, 4) is 5.75 Å². The predicted octanol–water partition coefficient (Wildman–Crippen LogP) is 4.60. The Bertz CT molecular complexity index is 445. The van der Waals surface area contributed by atoms with Crippen LogP contribution in [0.5, 0.6) is 5.75 Å². The van der Waals surface area contributed by atoms with Crippen molar-refractivity contribution >= 4 is 0 Å². The van der Waals surface area contributed by atoms with Gasteiger partial charge in [0.05, 0.1) is 0 Å². The molecule has 1 fully saturated rings. The summed E-state index contributed by atoms with van der Waals surface area (Å²) in [6.07, 6.45) is 1.82. The quantitative estimate of drug-likeness (QED) is 0.769. The van der Waals surface area contributed by atoms with Gasteiger partial charge in [-0.2, -0.15) is 8.78 Å². The first-order chi connectivity index (χ1) is 8.29. The SMILES string of the molecule is CC(C)(C)c1cc(OC(F)F)c(C2CC2)cc1F. The zero-order valence-electron chi connectivity index (χ0n) is 10.8. The molecule has 0 aromatic heterocycles. The molecule has 1 aliphatic rings. The van der Waals surface area contributed by atoms with Crippen molar-refractivity contribution in [2.75, 3.05) is 0 Å². The molecule has 0 unspecified atom stereocenters. The van der Waals surface area contributed by atoms with E-state index in [1.54, 1.807) is 0 Å². The molecule has 0 atom stereocenters. The van der Waals surface area contributed by atoms with E-state index in [0.29, 0.717) is 11.1 Å². The fraction of sp³-hybridized carbons (Fsp3) is 0.571. The maximum Gasteiger partial charge on any atom is 0.387 e. The van der Waals surface area contributed by atoms with Gasteiger partial charge in [0, 0.05) is 5.56 Å². The van der Waals surface area contributed by atoms with Gasteiger partial charge < -0.3 is 4.74 Å². The Kier molecular flexibility index (Phi) is 3.30. The average Bonchev–Trinajstić information content (AvgIpc) is 3.01. The lowest BCUT2D eigenvalue weighted by Gasteiger charge is -2.22. The topological polar surface area (TPSA) is 9.23 Å². The van der Waals surface area contributed by atoms with E-state index in [-0.39, 0.29) is 17.5 Å². The molecular weight excluding hydrogens is 241 g/mol. The molecule has 1 aromatic carbocycles. The van der Waals surface area contributed by atoms with Gasteiger partial charge in [0.2, 0.25) is 0 Å². The Labute approximate surface area is 105 Å². The molecule has 4 heteroatoms. The van der Waals surface area contributed by atoms with E-state index in [1.165, 1.54) is 12.1 Å². The monoisotopic (exact) mass is 258 g/mol. The van der Waals surface area contributed by atoms with Crippen molar-refractivity contribution in [1.82, 2.24) is 0 Å². The molecule has 1 nitrogen and oxygen atoms in total. The molecule has 0 saturated heterocycles. The molecule has 0 aliphatic heterocycles. The number of hydrogen-bond donors (Lipinski definition) is 0. The first-order valence-corrected chi connectivity index (χ1v) is 6.08. The Morgan fingerprint density at radius 3 is 2.28 bits per heavy atom. The Morgan fingerprint density at radius 2 is 1.83 bits per heavy atom. The van der Waals surface area contributed by atoms with Crippen LogP contribution in [0.3, 0.4) is 0 Å². The summed E-state index contributed by atoms with van der Waals surface area (Å²) in [5, 5.41) is 0. The van der Waals surface area contributed by atoms with Crippen molar-refractivity contribution in [2.24, 2.45) is 0 Å². The van der Waals surface area contributed by atoms with Crippen LogP contribution in [0.2, 0.25) is 0 Å². The number of hydrogen-bond acceptors (Lipinski definition) is 1. The number of halogens is 3. The first-order valence-electron chi connectivity index (χ1n) is 6.08. The molecule has 0 radical (unpaired) electrons. The predicted molar refractivity (Wildman–Crippen MR) is 63.7 cm³/mol. The highest BCUT2D eigenvalue weighted by molar-refractivity contribution is 5.44. The molecule has 0 N–H and O–H groups in total. The fourth-order valence-electron chi connectivity index (χ4n) is 2.05. The van der Waals surface area contributed by atoms with Crippen molar-refractivity contribution in [2.45, 2.75) is 51.6 Å². The van der Waals surface area contributed by atoms with E-state index in [2.05, 4.69) is 4.74 Å². The van der Waals surface area contributed by atoms with E-state index in [4.69, 9.17) is 0 Å². The van der Waals surface area contributed by atoms with Crippen LogP contribution in [0.25, 0.3) is 0 Å². The number of ether oxygens (including phenoxy) is 1. The van der Waals surface area contributed by atoms with Crippen molar-refractivity contribution in [3.63, 3.8) is 0 Å². The highest BCUT2D eigenvalue weighted by atomic mass is 19.3. The summed E-state index contributed by atoms with van der Waals surface area (Å²) < 4.78 is 43.3. The fourth-order valence-corrected chi connectivity index (χ4v) is 2.05. The molecule has 2 rings (SSSR count). The third-order valence-electron chi connectivity index (χ3n) is 3.14.